The molecule has 0 radical (unpaired) electrons. The lowest BCUT2D eigenvalue weighted by Gasteiger charge is -2.08. The van der Waals surface area contributed by atoms with Gasteiger partial charge in [-0.1, -0.05) is 0 Å². The fourth-order valence-corrected chi connectivity index (χ4v) is 2.55. The van der Waals surface area contributed by atoms with Crippen molar-refractivity contribution in [3.05, 3.63) is 58.9 Å². The van der Waals surface area contributed by atoms with Crippen LogP contribution in [0.3, 0.4) is 0 Å². The van der Waals surface area contributed by atoms with Gasteiger partial charge < -0.3 is 9.47 Å². The van der Waals surface area contributed by atoms with E-state index in [0.717, 1.165) is 16.7 Å². The molecule has 0 aliphatic heterocycles. The third-order valence-corrected chi connectivity index (χ3v) is 3.61. The van der Waals surface area contributed by atoms with E-state index in [1.807, 2.05) is 36.7 Å². The maximum absolute atomic E-state index is 12.5. The van der Waals surface area contributed by atoms with E-state index in [9.17, 15) is 4.79 Å². The van der Waals surface area contributed by atoms with E-state index in [1.165, 1.54) is 0 Å². The van der Waals surface area contributed by atoms with Crippen molar-refractivity contribution in [2.75, 3.05) is 14.2 Å². The molecule has 0 saturated carbocycles. The number of Topliss-reactive ketones (excluding diaryl/α,β-unsaturated/α-hetero) is 1. The number of fused-ring (bicyclic) bond motifs is 1. The van der Waals surface area contributed by atoms with Crippen LogP contribution in [0.2, 0.25) is 0 Å². The van der Waals surface area contributed by atoms with Crippen LogP contribution >= 0.6 is 0 Å². The predicted octanol–water partition coefficient (Wildman–Crippen LogP) is 2.34. The van der Waals surface area contributed by atoms with Crippen molar-refractivity contribution in [3.8, 4) is 11.5 Å². The Morgan fingerprint density at radius 2 is 1.76 bits per heavy atom. The van der Waals surface area contributed by atoms with Gasteiger partial charge in [0, 0.05) is 29.7 Å². The summed E-state index contributed by atoms with van der Waals surface area (Å²) in [5.41, 5.74) is 3.46. The zero-order valence-corrected chi connectivity index (χ0v) is 12.0. The number of carbonyl (C=O) groups excluding carboxylic acids is 1. The molecule has 2 aromatic rings. The summed E-state index contributed by atoms with van der Waals surface area (Å²) in [6.45, 7) is 0. The highest BCUT2D eigenvalue weighted by molar-refractivity contribution is 6.15. The molecule has 106 valence electrons. The Morgan fingerprint density at radius 3 is 2.43 bits per heavy atom. The quantitative estimate of drug-likeness (QED) is 0.812. The summed E-state index contributed by atoms with van der Waals surface area (Å²) < 4.78 is 10.6. The summed E-state index contributed by atoms with van der Waals surface area (Å²) >= 11 is 0. The first kappa shape index (κ1) is 13.4. The number of carbonyl (C=O) groups is 1. The normalized spacial score (nSPS) is 15.1. The molecule has 0 bridgehead atoms. The van der Waals surface area contributed by atoms with Crippen molar-refractivity contribution in [2.24, 2.45) is 0 Å². The molecular weight excluding hydrogens is 266 g/mol. The summed E-state index contributed by atoms with van der Waals surface area (Å²) in [6.07, 6.45) is 6.22. The van der Waals surface area contributed by atoms with Gasteiger partial charge in [-0.15, -0.1) is 0 Å². The molecule has 1 aliphatic carbocycles. The second kappa shape index (κ2) is 5.40. The highest BCUT2D eigenvalue weighted by Gasteiger charge is 2.27. The summed E-state index contributed by atoms with van der Waals surface area (Å²) in [5, 5.41) is 0. The number of aromatic nitrogens is 1. The van der Waals surface area contributed by atoms with Crippen LogP contribution in [0.5, 0.6) is 11.5 Å². The average molecular weight is 282 g/mol. The van der Waals surface area contributed by atoms with Gasteiger partial charge in [-0.05, 0) is 29.3 Å². The lowest BCUT2D eigenvalue weighted by atomic mass is 10.1. The molecule has 21 heavy (non-hydrogen) atoms. The molecule has 1 aliphatic rings. The summed E-state index contributed by atoms with van der Waals surface area (Å²) in [6, 6.07) is 7.51. The molecule has 4 heteroatoms. The number of rotatable bonds is 3. The van der Waals surface area contributed by atoms with E-state index in [-0.39, 0.29) is 5.78 Å². The van der Waals surface area contributed by atoms with Gasteiger partial charge in [0.15, 0.2) is 29.7 Å². The Bertz CT molecular complexity index is 720. The van der Waals surface area contributed by atoms with E-state index in [4.69, 9.17) is 9.47 Å². The van der Waals surface area contributed by atoms with Crippen LogP contribution in [0.1, 0.15) is 21.5 Å². The molecule has 1 heterocycles. The maximum atomic E-state index is 12.5. The molecular formula is C17H16NO3+. The lowest BCUT2D eigenvalue weighted by Crippen LogP contribution is -1.99. The minimum atomic E-state index is 0.0544. The van der Waals surface area contributed by atoms with Crippen molar-refractivity contribution < 1.29 is 19.3 Å². The first-order chi connectivity index (χ1) is 10.2. The van der Waals surface area contributed by atoms with Crippen LogP contribution in [-0.2, 0) is 6.42 Å². The second-order valence-corrected chi connectivity index (χ2v) is 4.87. The zero-order chi connectivity index (χ0) is 14.8. The summed E-state index contributed by atoms with van der Waals surface area (Å²) in [7, 11) is 3.17. The fraction of sp³-hybridized carbons (Fsp3) is 0.176. The van der Waals surface area contributed by atoms with Gasteiger partial charge in [0.05, 0.1) is 14.2 Å². The Kier molecular flexibility index (Phi) is 3.44. The molecule has 0 saturated heterocycles. The van der Waals surface area contributed by atoms with Gasteiger partial charge in [0.2, 0.25) is 0 Å². The number of ether oxygens (including phenoxy) is 2. The number of ketones is 1. The molecule has 0 unspecified atom stereocenters. The zero-order valence-electron chi connectivity index (χ0n) is 12.0. The van der Waals surface area contributed by atoms with Gasteiger partial charge in [-0.3, -0.25) is 4.79 Å². The van der Waals surface area contributed by atoms with Crippen molar-refractivity contribution >= 4 is 11.9 Å². The number of methoxy groups -OCH3 is 2. The number of H-pyrrole nitrogens is 1. The van der Waals surface area contributed by atoms with Gasteiger partial charge in [0.1, 0.15) is 0 Å². The van der Waals surface area contributed by atoms with Gasteiger partial charge in [0.25, 0.3) is 0 Å². The molecule has 1 aromatic heterocycles. The number of allylic oxidation sites excluding steroid dienone is 1. The Morgan fingerprint density at radius 1 is 1.10 bits per heavy atom. The highest BCUT2D eigenvalue weighted by Crippen LogP contribution is 2.36. The fourth-order valence-electron chi connectivity index (χ4n) is 2.55. The minimum Gasteiger partial charge on any atom is -0.493 e. The van der Waals surface area contributed by atoms with Crippen LogP contribution in [0.4, 0.5) is 0 Å². The van der Waals surface area contributed by atoms with E-state index in [2.05, 4.69) is 4.98 Å². The van der Waals surface area contributed by atoms with Gasteiger partial charge in [-0.25, -0.2) is 4.98 Å². The van der Waals surface area contributed by atoms with Crippen LogP contribution < -0.4 is 14.5 Å². The Balaban J connectivity index is 2.01. The second-order valence-electron chi connectivity index (χ2n) is 4.87. The van der Waals surface area contributed by atoms with Crippen LogP contribution in [0, 0.1) is 0 Å². The highest BCUT2D eigenvalue weighted by atomic mass is 16.5. The topological polar surface area (TPSA) is 49.7 Å². The van der Waals surface area contributed by atoms with Crippen molar-refractivity contribution in [1.29, 1.82) is 0 Å². The number of hydrogen-bond donors (Lipinski definition) is 0. The average Bonchev–Trinajstić information content (AvgIpc) is 2.82. The van der Waals surface area contributed by atoms with Crippen molar-refractivity contribution in [2.45, 2.75) is 6.42 Å². The molecule has 4 nitrogen and oxygen atoms in total. The smallest absolute Gasteiger partial charge is 0.189 e. The van der Waals surface area contributed by atoms with E-state index in [0.29, 0.717) is 23.5 Å². The molecule has 3 rings (SSSR count). The largest absolute Gasteiger partial charge is 0.493 e. The SMILES string of the molecule is COc1cc2c(cc1OC)C(=O)C(=Cc1cc[nH+]cc1)C2. The van der Waals surface area contributed by atoms with Crippen LogP contribution in [-0.4, -0.2) is 20.0 Å². The van der Waals surface area contributed by atoms with Crippen LogP contribution in [0.25, 0.3) is 6.08 Å². The monoisotopic (exact) mass is 282 g/mol. The Labute approximate surface area is 123 Å². The van der Waals surface area contributed by atoms with E-state index < -0.39 is 0 Å². The first-order valence-electron chi connectivity index (χ1n) is 6.69. The van der Waals surface area contributed by atoms with E-state index in [1.54, 1.807) is 20.3 Å². The van der Waals surface area contributed by atoms with Crippen molar-refractivity contribution in [3.63, 3.8) is 0 Å². The summed E-state index contributed by atoms with van der Waals surface area (Å²) in [4.78, 5) is 15.5. The third-order valence-electron chi connectivity index (χ3n) is 3.61. The first-order valence-corrected chi connectivity index (χ1v) is 6.69. The number of pyridine rings is 1. The molecule has 1 aromatic carbocycles. The third kappa shape index (κ3) is 2.40. The van der Waals surface area contributed by atoms with E-state index >= 15 is 0 Å². The number of nitrogens with one attached hydrogen (secondary N) is 1. The predicted molar refractivity (Wildman–Crippen MR) is 78.6 cm³/mol. The Hall–Kier alpha value is -2.62. The summed E-state index contributed by atoms with van der Waals surface area (Å²) in [5.74, 6) is 1.29. The van der Waals surface area contributed by atoms with Crippen molar-refractivity contribution in [1.82, 2.24) is 0 Å². The number of aromatic amines is 1. The maximum Gasteiger partial charge on any atom is 0.189 e. The molecule has 0 amide bonds. The number of hydrogen-bond acceptors (Lipinski definition) is 3. The molecule has 0 spiro atoms. The standard InChI is InChI=1S/C17H15NO3/c1-20-15-9-12-8-13(7-11-3-5-18-6-4-11)17(19)14(12)10-16(15)21-2/h3-7,9-10H,8H2,1-2H3/p+1. The van der Waals surface area contributed by atoms with Gasteiger partial charge in [-0.2, -0.15) is 0 Å². The van der Waals surface area contributed by atoms with Crippen LogP contribution in [0.15, 0.2) is 42.2 Å². The van der Waals surface area contributed by atoms with Gasteiger partial charge >= 0.3 is 0 Å². The lowest BCUT2D eigenvalue weighted by molar-refractivity contribution is -0.378. The minimum absolute atomic E-state index is 0.0544. The molecule has 0 atom stereocenters. The molecule has 0 fully saturated rings. The molecule has 1 N–H and O–H groups in total. The number of benzene rings is 1.